The monoisotopic (exact) mass is 221 g/mol. The zero-order chi connectivity index (χ0) is 10.7. The van der Waals surface area contributed by atoms with Crippen molar-refractivity contribution in [3.05, 3.63) is 40.2 Å². The molecule has 0 N–H and O–H groups in total. The van der Waals surface area contributed by atoms with Gasteiger partial charge in [0.25, 0.3) is 0 Å². The first-order valence-electron chi connectivity index (χ1n) is 4.73. The van der Waals surface area contributed by atoms with Crippen LogP contribution < -0.4 is 0 Å². The number of aryl methyl sites for hydroxylation is 2. The van der Waals surface area contributed by atoms with Crippen LogP contribution >= 0.6 is 11.3 Å². The second-order valence-corrected chi connectivity index (χ2v) is 4.23. The Hall–Kier alpha value is -1.42. The highest BCUT2D eigenvalue weighted by Gasteiger charge is 2.09. The molecule has 0 bridgehead atoms. The minimum atomic E-state index is 0.0350. The zero-order valence-electron chi connectivity index (χ0n) is 8.40. The Bertz CT molecular complexity index is 445. The van der Waals surface area contributed by atoms with Crippen LogP contribution in [0.15, 0.2) is 28.2 Å². The maximum atomic E-state index is 11.6. The SMILES string of the molecule is Cc1csc(CCC(=O)c2ccco2)n1. The fourth-order valence-electron chi connectivity index (χ4n) is 1.30. The Morgan fingerprint density at radius 1 is 1.60 bits per heavy atom. The molecule has 0 saturated carbocycles. The predicted molar refractivity (Wildman–Crippen MR) is 58.2 cm³/mol. The Balaban J connectivity index is 1.91. The van der Waals surface area contributed by atoms with Crippen LogP contribution in [0.5, 0.6) is 0 Å². The Morgan fingerprint density at radius 2 is 2.47 bits per heavy atom. The molecule has 2 rings (SSSR count). The number of carbonyl (C=O) groups is 1. The highest BCUT2D eigenvalue weighted by Crippen LogP contribution is 2.13. The van der Waals surface area contributed by atoms with Gasteiger partial charge in [0.2, 0.25) is 0 Å². The molecular formula is C11H11NO2S. The summed E-state index contributed by atoms with van der Waals surface area (Å²) in [5.74, 6) is 0.469. The van der Waals surface area contributed by atoms with E-state index in [0.29, 0.717) is 18.6 Å². The van der Waals surface area contributed by atoms with Gasteiger partial charge in [-0.2, -0.15) is 0 Å². The summed E-state index contributed by atoms with van der Waals surface area (Å²) in [5, 5.41) is 3.00. The third-order valence-corrected chi connectivity index (χ3v) is 3.05. The Labute approximate surface area is 91.8 Å². The van der Waals surface area contributed by atoms with Crippen LogP contribution in [0.4, 0.5) is 0 Å². The normalized spacial score (nSPS) is 10.5. The molecule has 0 saturated heterocycles. The van der Waals surface area contributed by atoms with Crippen molar-refractivity contribution >= 4 is 17.1 Å². The summed E-state index contributed by atoms with van der Waals surface area (Å²) >= 11 is 1.59. The molecular weight excluding hydrogens is 210 g/mol. The van der Waals surface area contributed by atoms with Gasteiger partial charge in [-0.1, -0.05) is 0 Å². The summed E-state index contributed by atoms with van der Waals surface area (Å²) in [6, 6.07) is 3.41. The average molecular weight is 221 g/mol. The van der Waals surface area contributed by atoms with E-state index in [1.807, 2.05) is 12.3 Å². The molecule has 0 spiro atoms. The molecule has 0 atom stereocenters. The van der Waals surface area contributed by atoms with Gasteiger partial charge in [0.15, 0.2) is 11.5 Å². The van der Waals surface area contributed by atoms with Gasteiger partial charge in [0.05, 0.1) is 11.3 Å². The van der Waals surface area contributed by atoms with E-state index >= 15 is 0 Å². The van der Waals surface area contributed by atoms with Crippen LogP contribution in [-0.2, 0) is 6.42 Å². The molecule has 0 aliphatic carbocycles. The second-order valence-electron chi connectivity index (χ2n) is 3.28. The lowest BCUT2D eigenvalue weighted by atomic mass is 10.2. The van der Waals surface area contributed by atoms with E-state index in [4.69, 9.17) is 4.42 Å². The van der Waals surface area contributed by atoms with E-state index in [1.165, 1.54) is 6.26 Å². The standard InChI is InChI=1S/C11H11NO2S/c1-8-7-15-11(12-8)5-4-9(13)10-3-2-6-14-10/h2-3,6-7H,4-5H2,1H3. The lowest BCUT2D eigenvalue weighted by Crippen LogP contribution is -1.99. The number of nitrogens with zero attached hydrogens (tertiary/aromatic N) is 1. The molecule has 0 aromatic carbocycles. The predicted octanol–water partition coefficient (Wildman–Crippen LogP) is 2.86. The van der Waals surface area contributed by atoms with Crippen LogP contribution in [0.3, 0.4) is 0 Å². The maximum Gasteiger partial charge on any atom is 0.198 e. The molecule has 2 aromatic rings. The fourth-order valence-corrected chi connectivity index (χ4v) is 2.07. The summed E-state index contributed by atoms with van der Waals surface area (Å²) in [6.45, 7) is 1.95. The van der Waals surface area contributed by atoms with Crippen LogP contribution in [0.25, 0.3) is 0 Å². The van der Waals surface area contributed by atoms with Crippen molar-refractivity contribution in [3.63, 3.8) is 0 Å². The van der Waals surface area contributed by atoms with Crippen molar-refractivity contribution < 1.29 is 9.21 Å². The maximum absolute atomic E-state index is 11.6. The number of ketones is 1. The lowest BCUT2D eigenvalue weighted by Gasteiger charge is -1.94. The first kappa shape index (κ1) is 10.1. The molecule has 15 heavy (non-hydrogen) atoms. The van der Waals surface area contributed by atoms with E-state index in [0.717, 1.165) is 10.7 Å². The van der Waals surface area contributed by atoms with Gasteiger partial charge >= 0.3 is 0 Å². The van der Waals surface area contributed by atoms with Gasteiger partial charge < -0.3 is 4.42 Å². The number of Topliss-reactive ketones (excluding diaryl/α,β-unsaturated/α-hetero) is 1. The number of hydrogen-bond acceptors (Lipinski definition) is 4. The van der Waals surface area contributed by atoms with E-state index in [2.05, 4.69) is 4.98 Å². The van der Waals surface area contributed by atoms with Gasteiger partial charge in [0, 0.05) is 23.9 Å². The molecule has 4 heteroatoms. The molecule has 3 nitrogen and oxygen atoms in total. The first-order valence-corrected chi connectivity index (χ1v) is 5.61. The van der Waals surface area contributed by atoms with Gasteiger partial charge in [-0.25, -0.2) is 4.98 Å². The van der Waals surface area contributed by atoms with E-state index in [-0.39, 0.29) is 5.78 Å². The van der Waals surface area contributed by atoms with Crippen LogP contribution in [0, 0.1) is 6.92 Å². The molecule has 2 heterocycles. The number of furan rings is 1. The fraction of sp³-hybridized carbons (Fsp3) is 0.273. The van der Waals surface area contributed by atoms with Crippen LogP contribution in [0.1, 0.15) is 27.7 Å². The number of carbonyl (C=O) groups excluding carboxylic acids is 1. The van der Waals surface area contributed by atoms with Gasteiger partial charge in [0.1, 0.15) is 0 Å². The van der Waals surface area contributed by atoms with Gasteiger partial charge in [-0.05, 0) is 19.1 Å². The van der Waals surface area contributed by atoms with Crippen LogP contribution in [-0.4, -0.2) is 10.8 Å². The smallest absolute Gasteiger partial charge is 0.198 e. The second kappa shape index (κ2) is 4.40. The average Bonchev–Trinajstić information content (AvgIpc) is 2.84. The summed E-state index contributed by atoms with van der Waals surface area (Å²) in [5.41, 5.74) is 1.01. The molecule has 0 aliphatic heterocycles. The third-order valence-electron chi connectivity index (χ3n) is 2.03. The Morgan fingerprint density at radius 3 is 3.07 bits per heavy atom. The molecule has 2 aromatic heterocycles. The van der Waals surface area contributed by atoms with Crippen molar-refractivity contribution in [3.8, 4) is 0 Å². The molecule has 0 aliphatic rings. The van der Waals surface area contributed by atoms with Crippen molar-refractivity contribution in [2.24, 2.45) is 0 Å². The minimum Gasteiger partial charge on any atom is -0.461 e. The van der Waals surface area contributed by atoms with E-state index < -0.39 is 0 Å². The van der Waals surface area contributed by atoms with Crippen LogP contribution in [0.2, 0.25) is 0 Å². The summed E-state index contributed by atoms with van der Waals surface area (Å²) in [6.07, 6.45) is 2.67. The van der Waals surface area contributed by atoms with Crippen molar-refractivity contribution in [1.29, 1.82) is 0 Å². The lowest BCUT2D eigenvalue weighted by molar-refractivity contribution is 0.0956. The Kier molecular flexibility index (Phi) is 2.97. The quantitative estimate of drug-likeness (QED) is 0.745. The summed E-state index contributed by atoms with van der Waals surface area (Å²) < 4.78 is 5.02. The van der Waals surface area contributed by atoms with Crippen molar-refractivity contribution in [2.75, 3.05) is 0 Å². The van der Waals surface area contributed by atoms with E-state index in [1.54, 1.807) is 23.5 Å². The summed E-state index contributed by atoms with van der Waals surface area (Å²) in [7, 11) is 0. The van der Waals surface area contributed by atoms with Gasteiger partial charge in [-0.3, -0.25) is 4.79 Å². The number of aromatic nitrogens is 1. The minimum absolute atomic E-state index is 0.0350. The van der Waals surface area contributed by atoms with Crippen molar-refractivity contribution in [1.82, 2.24) is 4.98 Å². The van der Waals surface area contributed by atoms with Gasteiger partial charge in [-0.15, -0.1) is 11.3 Å². The number of hydrogen-bond donors (Lipinski definition) is 0. The molecule has 0 radical (unpaired) electrons. The number of rotatable bonds is 4. The highest BCUT2D eigenvalue weighted by atomic mass is 32.1. The topological polar surface area (TPSA) is 43.1 Å². The largest absolute Gasteiger partial charge is 0.461 e. The molecule has 78 valence electrons. The molecule has 0 unspecified atom stereocenters. The highest BCUT2D eigenvalue weighted by molar-refractivity contribution is 7.09. The molecule has 0 fully saturated rings. The van der Waals surface area contributed by atoms with Crippen molar-refractivity contribution in [2.45, 2.75) is 19.8 Å². The number of thiazole rings is 1. The zero-order valence-corrected chi connectivity index (χ0v) is 9.21. The van der Waals surface area contributed by atoms with E-state index in [9.17, 15) is 4.79 Å². The summed E-state index contributed by atoms with van der Waals surface area (Å²) in [4.78, 5) is 15.9. The molecule has 0 amide bonds. The first-order chi connectivity index (χ1) is 7.25. The third kappa shape index (κ3) is 2.53.